The Labute approximate surface area is 95.9 Å². The fourth-order valence-corrected chi connectivity index (χ4v) is 2.05. The zero-order valence-electron chi connectivity index (χ0n) is 9.67. The summed E-state index contributed by atoms with van der Waals surface area (Å²) in [6, 6.07) is 10.5. The molecule has 2 atom stereocenters. The van der Waals surface area contributed by atoms with Gasteiger partial charge in [0.15, 0.2) is 0 Å². The van der Waals surface area contributed by atoms with Crippen LogP contribution in [0.3, 0.4) is 0 Å². The van der Waals surface area contributed by atoms with E-state index in [2.05, 4.69) is 21.7 Å². The van der Waals surface area contributed by atoms with Gasteiger partial charge >= 0.3 is 0 Å². The quantitative estimate of drug-likeness (QED) is 0.852. The number of aromatic nitrogens is 2. The molecule has 0 bridgehead atoms. The van der Waals surface area contributed by atoms with Gasteiger partial charge in [0.1, 0.15) is 5.82 Å². The minimum Gasteiger partial charge on any atom is -0.326 e. The minimum absolute atomic E-state index is 0.0512. The summed E-state index contributed by atoms with van der Waals surface area (Å²) < 4.78 is 2.12. The summed E-state index contributed by atoms with van der Waals surface area (Å²) in [5, 5.41) is 0. The number of nitrogens with zero attached hydrogens (tertiary/aromatic N) is 2. The molecule has 3 nitrogen and oxygen atoms in total. The number of benzene rings is 1. The van der Waals surface area contributed by atoms with Gasteiger partial charge in [-0.25, -0.2) is 4.98 Å². The second kappa shape index (κ2) is 4.49. The van der Waals surface area contributed by atoms with Gasteiger partial charge in [-0.1, -0.05) is 30.3 Å². The molecule has 1 heterocycles. The lowest BCUT2D eigenvalue weighted by atomic mass is 10.0. The summed E-state index contributed by atoms with van der Waals surface area (Å²) in [4.78, 5) is 4.25. The first-order valence-electron chi connectivity index (χ1n) is 5.50. The predicted molar refractivity (Wildman–Crippen MR) is 65.2 cm³/mol. The highest BCUT2D eigenvalue weighted by Crippen LogP contribution is 2.22. The molecule has 0 fully saturated rings. The molecule has 16 heavy (non-hydrogen) atoms. The van der Waals surface area contributed by atoms with Crippen molar-refractivity contribution in [1.29, 1.82) is 0 Å². The third-order valence-corrected chi connectivity index (χ3v) is 2.80. The SMILES string of the molecule is Cc1nccn1C(c1ccccc1)C(C)N. The van der Waals surface area contributed by atoms with Crippen LogP contribution in [0.1, 0.15) is 24.4 Å². The third kappa shape index (κ3) is 1.99. The van der Waals surface area contributed by atoms with Crippen molar-refractivity contribution in [3.05, 3.63) is 54.1 Å². The molecule has 1 aromatic heterocycles. The van der Waals surface area contributed by atoms with E-state index in [4.69, 9.17) is 5.73 Å². The fourth-order valence-electron chi connectivity index (χ4n) is 2.05. The Hall–Kier alpha value is -1.61. The molecule has 2 rings (SSSR count). The largest absolute Gasteiger partial charge is 0.326 e. The van der Waals surface area contributed by atoms with Crippen molar-refractivity contribution in [3.8, 4) is 0 Å². The second-order valence-corrected chi connectivity index (χ2v) is 4.10. The van der Waals surface area contributed by atoms with Gasteiger partial charge in [0.25, 0.3) is 0 Å². The smallest absolute Gasteiger partial charge is 0.106 e. The van der Waals surface area contributed by atoms with Crippen LogP contribution in [0.2, 0.25) is 0 Å². The van der Waals surface area contributed by atoms with Crippen LogP contribution < -0.4 is 5.73 Å². The second-order valence-electron chi connectivity index (χ2n) is 4.10. The van der Waals surface area contributed by atoms with Crippen LogP contribution in [0.5, 0.6) is 0 Å². The molecular formula is C13H17N3. The number of hydrogen-bond acceptors (Lipinski definition) is 2. The summed E-state index contributed by atoms with van der Waals surface area (Å²) in [5.74, 6) is 0.992. The van der Waals surface area contributed by atoms with E-state index in [-0.39, 0.29) is 12.1 Å². The summed E-state index contributed by atoms with van der Waals surface area (Å²) in [6.07, 6.45) is 3.80. The highest BCUT2D eigenvalue weighted by Gasteiger charge is 2.18. The summed E-state index contributed by atoms with van der Waals surface area (Å²) in [5.41, 5.74) is 7.30. The number of imidazole rings is 1. The standard InChI is InChI=1S/C13H17N3/c1-10(14)13(12-6-4-3-5-7-12)16-9-8-15-11(16)2/h3-10,13H,14H2,1-2H3. The Balaban J connectivity index is 2.43. The molecule has 0 aliphatic rings. The van der Waals surface area contributed by atoms with Crippen LogP contribution >= 0.6 is 0 Å². The normalized spacial score (nSPS) is 14.7. The lowest BCUT2D eigenvalue weighted by Gasteiger charge is -2.24. The van der Waals surface area contributed by atoms with Gasteiger partial charge in [0.05, 0.1) is 6.04 Å². The van der Waals surface area contributed by atoms with E-state index in [1.807, 2.05) is 44.4 Å². The van der Waals surface area contributed by atoms with Crippen molar-refractivity contribution >= 4 is 0 Å². The first kappa shape index (κ1) is 10.9. The molecule has 0 amide bonds. The van der Waals surface area contributed by atoms with Crippen molar-refractivity contribution in [2.45, 2.75) is 25.9 Å². The predicted octanol–water partition coefficient (Wildman–Crippen LogP) is 2.13. The van der Waals surface area contributed by atoms with Gasteiger partial charge in [-0.05, 0) is 19.4 Å². The molecule has 0 aliphatic heterocycles. The minimum atomic E-state index is 0.0512. The van der Waals surface area contributed by atoms with Crippen LogP contribution in [-0.2, 0) is 0 Å². The Bertz CT molecular complexity index is 445. The van der Waals surface area contributed by atoms with E-state index in [1.54, 1.807) is 0 Å². The lowest BCUT2D eigenvalue weighted by molar-refractivity contribution is 0.486. The van der Waals surface area contributed by atoms with Gasteiger partial charge in [-0.3, -0.25) is 0 Å². The van der Waals surface area contributed by atoms with Gasteiger partial charge in [0, 0.05) is 18.4 Å². The summed E-state index contributed by atoms with van der Waals surface area (Å²) in [6.45, 7) is 4.02. The van der Waals surface area contributed by atoms with E-state index < -0.39 is 0 Å². The van der Waals surface area contributed by atoms with Crippen molar-refractivity contribution in [3.63, 3.8) is 0 Å². The van der Waals surface area contributed by atoms with E-state index in [9.17, 15) is 0 Å². The van der Waals surface area contributed by atoms with Crippen LogP contribution in [-0.4, -0.2) is 15.6 Å². The Kier molecular flexibility index (Phi) is 3.06. The van der Waals surface area contributed by atoms with E-state index in [0.29, 0.717) is 0 Å². The Morgan fingerprint density at radius 1 is 1.25 bits per heavy atom. The molecule has 0 saturated carbocycles. The average molecular weight is 215 g/mol. The van der Waals surface area contributed by atoms with Gasteiger partial charge < -0.3 is 10.3 Å². The van der Waals surface area contributed by atoms with Gasteiger partial charge in [-0.15, -0.1) is 0 Å². The van der Waals surface area contributed by atoms with Crippen LogP contribution in [0.25, 0.3) is 0 Å². The Morgan fingerprint density at radius 2 is 1.94 bits per heavy atom. The third-order valence-electron chi connectivity index (χ3n) is 2.80. The van der Waals surface area contributed by atoms with Crippen molar-refractivity contribution < 1.29 is 0 Å². The van der Waals surface area contributed by atoms with E-state index in [1.165, 1.54) is 5.56 Å². The molecule has 2 unspecified atom stereocenters. The van der Waals surface area contributed by atoms with Crippen LogP contribution in [0, 0.1) is 6.92 Å². The van der Waals surface area contributed by atoms with E-state index >= 15 is 0 Å². The molecule has 1 aromatic carbocycles. The topological polar surface area (TPSA) is 43.8 Å². The molecule has 0 aliphatic carbocycles. The highest BCUT2D eigenvalue weighted by atomic mass is 15.1. The monoisotopic (exact) mass is 215 g/mol. The zero-order chi connectivity index (χ0) is 11.5. The number of aryl methyl sites for hydroxylation is 1. The van der Waals surface area contributed by atoms with Crippen molar-refractivity contribution in [1.82, 2.24) is 9.55 Å². The summed E-state index contributed by atoms with van der Waals surface area (Å²) >= 11 is 0. The number of hydrogen-bond donors (Lipinski definition) is 1. The van der Waals surface area contributed by atoms with E-state index in [0.717, 1.165) is 5.82 Å². The number of rotatable bonds is 3. The molecule has 0 radical (unpaired) electrons. The first-order chi connectivity index (χ1) is 7.70. The van der Waals surface area contributed by atoms with Crippen LogP contribution in [0.15, 0.2) is 42.7 Å². The molecule has 0 spiro atoms. The molecule has 2 aromatic rings. The maximum Gasteiger partial charge on any atom is 0.106 e. The maximum atomic E-state index is 6.08. The maximum absolute atomic E-state index is 6.08. The molecule has 84 valence electrons. The van der Waals surface area contributed by atoms with Gasteiger partial charge in [-0.2, -0.15) is 0 Å². The molecule has 3 heteroatoms. The molecule has 2 N–H and O–H groups in total. The van der Waals surface area contributed by atoms with Crippen molar-refractivity contribution in [2.75, 3.05) is 0 Å². The first-order valence-corrected chi connectivity index (χ1v) is 5.50. The molecule has 0 saturated heterocycles. The zero-order valence-corrected chi connectivity index (χ0v) is 9.67. The van der Waals surface area contributed by atoms with Gasteiger partial charge in [0.2, 0.25) is 0 Å². The van der Waals surface area contributed by atoms with Crippen molar-refractivity contribution in [2.24, 2.45) is 5.73 Å². The highest BCUT2D eigenvalue weighted by molar-refractivity contribution is 5.22. The summed E-state index contributed by atoms with van der Waals surface area (Å²) in [7, 11) is 0. The Morgan fingerprint density at radius 3 is 2.44 bits per heavy atom. The number of nitrogens with two attached hydrogens (primary N) is 1. The fraction of sp³-hybridized carbons (Fsp3) is 0.308. The lowest BCUT2D eigenvalue weighted by Crippen LogP contribution is -2.30. The average Bonchev–Trinajstić information content (AvgIpc) is 2.66. The molecular weight excluding hydrogens is 198 g/mol. The van der Waals surface area contributed by atoms with Crippen LogP contribution in [0.4, 0.5) is 0 Å².